The van der Waals surface area contributed by atoms with E-state index in [9.17, 15) is 34.7 Å². The smallest absolute Gasteiger partial charge is 0.326 e. The van der Waals surface area contributed by atoms with Gasteiger partial charge in [-0.2, -0.15) is 0 Å². The molecular weight excluding hydrogens is 700 g/mol. The van der Waals surface area contributed by atoms with Gasteiger partial charge in [0.15, 0.2) is 0 Å². The molecule has 52 heavy (non-hydrogen) atoms. The van der Waals surface area contributed by atoms with Gasteiger partial charge >= 0.3 is 23.9 Å². The van der Waals surface area contributed by atoms with Crippen LogP contribution in [-0.2, 0) is 46.5 Å². The van der Waals surface area contributed by atoms with Crippen LogP contribution in [0.5, 0.6) is 0 Å². The van der Waals surface area contributed by atoms with Gasteiger partial charge in [0.05, 0.1) is 70.4 Å². The van der Waals surface area contributed by atoms with Crippen molar-refractivity contribution in [3.63, 3.8) is 0 Å². The van der Waals surface area contributed by atoms with Crippen LogP contribution >= 0.6 is 0 Å². The fourth-order valence-corrected chi connectivity index (χ4v) is 4.33. The normalized spacial score (nSPS) is 12.2. The number of nitrogens with zero attached hydrogens (tertiary/aromatic N) is 5. The third-order valence-corrected chi connectivity index (χ3v) is 6.93. The van der Waals surface area contributed by atoms with E-state index in [4.69, 9.17) is 39.6 Å². The first-order valence-corrected chi connectivity index (χ1v) is 16.1. The van der Waals surface area contributed by atoms with Crippen molar-refractivity contribution in [2.45, 2.75) is 57.3 Å². The summed E-state index contributed by atoms with van der Waals surface area (Å²) in [7, 11) is 0. The summed E-state index contributed by atoms with van der Waals surface area (Å²) in [6.07, 6.45) is 1.81. The molecule has 1 aromatic carbocycles. The van der Waals surface area contributed by atoms with Gasteiger partial charge in [-0.3, -0.25) is 30.3 Å². The van der Waals surface area contributed by atoms with Crippen LogP contribution in [0.25, 0.3) is 0 Å². The summed E-state index contributed by atoms with van der Waals surface area (Å²) in [4.78, 5) is 45.6. The monoisotopic (exact) mass is 746 g/mol. The lowest BCUT2D eigenvalue weighted by Crippen LogP contribution is -2.51. The molecule has 1 aromatic heterocycles. The SMILES string of the molecule is O=C(O)CC[C@H](NC(=O)N[C@@H](CCCCn1cc(COCCOCCOCCOCCNc2ccc(N(O)O)cc2N(O)O)nn1)C(=O)O)C(=O)O. The molecule has 0 bridgehead atoms. The molecular formula is C29H46N8O15. The predicted molar refractivity (Wildman–Crippen MR) is 174 cm³/mol. The van der Waals surface area contributed by atoms with Crippen molar-refractivity contribution in [1.29, 1.82) is 0 Å². The van der Waals surface area contributed by atoms with Crippen LogP contribution in [0.3, 0.4) is 0 Å². The highest BCUT2D eigenvalue weighted by Gasteiger charge is 2.24. The third kappa shape index (κ3) is 17.9. The molecule has 10 N–H and O–H groups in total. The van der Waals surface area contributed by atoms with E-state index in [0.717, 1.165) is 6.07 Å². The molecule has 0 aliphatic carbocycles. The average Bonchev–Trinajstić information content (AvgIpc) is 3.55. The Labute approximate surface area is 297 Å². The molecule has 23 heteroatoms. The Bertz CT molecular complexity index is 1380. The molecule has 0 saturated carbocycles. The lowest BCUT2D eigenvalue weighted by molar-refractivity contribution is -0.140. The number of amides is 2. The Morgan fingerprint density at radius 2 is 1.37 bits per heavy atom. The summed E-state index contributed by atoms with van der Waals surface area (Å²) in [6, 6.07) is 0.144. The molecule has 2 atom stereocenters. The number of unbranched alkanes of at least 4 members (excludes halogenated alkanes) is 1. The zero-order valence-corrected chi connectivity index (χ0v) is 28.2. The second-order valence-electron chi connectivity index (χ2n) is 10.9. The number of hydrogen-bond acceptors (Lipinski definition) is 17. The molecule has 0 spiro atoms. The van der Waals surface area contributed by atoms with Crippen molar-refractivity contribution in [3.05, 3.63) is 30.1 Å². The number of aryl methyl sites for hydroxylation is 1. The fourth-order valence-electron chi connectivity index (χ4n) is 4.33. The highest BCUT2D eigenvalue weighted by molar-refractivity contribution is 5.86. The van der Waals surface area contributed by atoms with Crippen molar-refractivity contribution in [2.75, 3.05) is 68.6 Å². The molecule has 0 fully saturated rings. The molecule has 2 amide bonds. The zero-order chi connectivity index (χ0) is 38.3. The van der Waals surface area contributed by atoms with Gasteiger partial charge in [0, 0.05) is 19.5 Å². The number of anilines is 3. The quantitative estimate of drug-likeness (QED) is 0.0397. The van der Waals surface area contributed by atoms with Crippen LogP contribution in [0.2, 0.25) is 0 Å². The van der Waals surface area contributed by atoms with Crippen molar-refractivity contribution < 1.29 is 74.3 Å². The van der Waals surface area contributed by atoms with Crippen LogP contribution in [0.4, 0.5) is 21.9 Å². The summed E-state index contributed by atoms with van der Waals surface area (Å²) in [5, 5.41) is 79.0. The van der Waals surface area contributed by atoms with Crippen LogP contribution < -0.4 is 26.4 Å². The number of aliphatic carboxylic acids is 3. The van der Waals surface area contributed by atoms with E-state index < -0.39 is 42.4 Å². The molecule has 2 rings (SSSR count). The predicted octanol–water partition coefficient (Wildman–Crippen LogP) is 0.367. The Morgan fingerprint density at radius 3 is 1.94 bits per heavy atom. The van der Waals surface area contributed by atoms with E-state index in [1.54, 1.807) is 10.9 Å². The molecule has 0 saturated heterocycles. The van der Waals surface area contributed by atoms with Crippen LogP contribution in [0, 0.1) is 0 Å². The number of benzene rings is 1. The van der Waals surface area contributed by atoms with E-state index in [2.05, 4.69) is 26.3 Å². The first-order valence-electron chi connectivity index (χ1n) is 16.1. The molecule has 23 nitrogen and oxygen atoms in total. The van der Waals surface area contributed by atoms with E-state index in [1.807, 2.05) is 0 Å². The summed E-state index contributed by atoms with van der Waals surface area (Å²) in [5.41, 5.74) is 0.741. The zero-order valence-electron chi connectivity index (χ0n) is 28.2. The molecule has 1 heterocycles. The van der Waals surface area contributed by atoms with Crippen LogP contribution in [0.1, 0.15) is 37.8 Å². The lowest BCUT2D eigenvalue weighted by Gasteiger charge is -2.18. The van der Waals surface area contributed by atoms with Gasteiger partial charge in [0.1, 0.15) is 23.5 Å². The van der Waals surface area contributed by atoms with E-state index >= 15 is 0 Å². The van der Waals surface area contributed by atoms with Gasteiger partial charge in [-0.05, 0) is 43.9 Å². The number of urea groups is 1. The first-order chi connectivity index (χ1) is 24.9. The topological polar surface area (TPSA) is 320 Å². The van der Waals surface area contributed by atoms with Gasteiger partial charge in [-0.15, -0.1) is 15.6 Å². The van der Waals surface area contributed by atoms with Crippen molar-refractivity contribution in [1.82, 2.24) is 25.6 Å². The number of rotatable bonds is 29. The van der Waals surface area contributed by atoms with Crippen molar-refractivity contribution in [2.24, 2.45) is 0 Å². The van der Waals surface area contributed by atoms with Gasteiger partial charge in [-0.25, -0.2) is 14.4 Å². The summed E-state index contributed by atoms with van der Waals surface area (Å²) in [6.45, 7) is 3.22. The number of hydrogen-bond donors (Lipinski definition) is 10. The number of aromatic nitrogens is 3. The maximum absolute atomic E-state index is 12.1. The highest BCUT2D eigenvalue weighted by Crippen LogP contribution is 2.28. The van der Waals surface area contributed by atoms with E-state index in [0.29, 0.717) is 83.6 Å². The maximum Gasteiger partial charge on any atom is 0.326 e. The van der Waals surface area contributed by atoms with E-state index in [-0.39, 0.29) is 41.3 Å². The lowest BCUT2D eigenvalue weighted by atomic mass is 10.1. The van der Waals surface area contributed by atoms with E-state index in [1.165, 1.54) is 12.1 Å². The Balaban J connectivity index is 1.48. The second-order valence-corrected chi connectivity index (χ2v) is 10.9. The van der Waals surface area contributed by atoms with Gasteiger partial charge in [0.25, 0.3) is 0 Å². The third-order valence-electron chi connectivity index (χ3n) is 6.93. The Hall–Kier alpha value is -4.88. The number of carboxylic acid groups (broad SMARTS) is 3. The standard InChI is InChI=1S/C29H46N8O15/c38-26(39)7-6-24(28(42)43)32-29(44)31-23(27(40)41)3-1-2-9-35-18-20(33-34-35)19-52-16-15-51-14-13-50-12-11-49-10-8-30-22-5-4-21(36(45)46)17-25(22)37(47)48/h4-5,17-18,23-24,30,45-48H,1-3,6-16,19H2,(H,38,39)(H,40,41)(H,42,43)(H2,31,32,44)/t23-,24-/m0/s1. The van der Waals surface area contributed by atoms with Gasteiger partial charge < -0.3 is 50.2 Å². The molecule has 292 valence electrons. The van der Waals surface area contributed by atoms with Gasteiger partial charge in [0.2, 0.25) is 0 Å². The number of nitrogens with one attached hydrogen (secondary N) is 3. The number of ether oxygens (including phenoxy) is 4. The fraction of sp³-hybridized carbons (Fsp3) is 0.586. The minimum atomic E-state index is -1.48. The van der Waals surface area contributed by atoms with Crippen LogP contribution in [-0.4, -0.2) is 140 Å². The Morgan fingerprint density at radius 1 is 0.769 bits per heavy atom. The second kappa shape index (κ2) is 24.3. The summed E-state index contributed by atoms with van der Waals surface area (Å²) >= 11 is 0. The molecule has 0 radical (unpaired) electrons. The molecule has 2 aromatic rings. The van der Waals surface area contributed by atoms with Crippen molar-refractivity contribution in [3.8, 4) is 0 Å². The minimum absolute atomic E-state index is 0.0621. The summed E-state index contributed by atoms with van der Waals surface area (Å²) < 4.78 is 23.5. The number of carboxylic acids is 3. The largest absolute Gasteiger partial charge is 0.481 e. The molecule has 0 unspecified atom stereocenters. The maximum atomic E-state index is 12.1. The first kappa shape index (κ1) is 43.3. The minimum Gasteiger partial charge on any atom is -0.481 e. The number of carbonyl (C=O) groups is 4. The molecule has 0 aliphatic rings. The number of carbonyl (C=O) groups excluding carboxylic acids is 1. The highest BCUT2D eigenvalue weighted by atomic mass is 16.8. The molecule has 0 aliphatic heterocycles. The summed E-state index contributed by atoms with van der Waals surface area (Å²) in [5.74, 6) is -3.97. The van der Waals surface area contributed by atoms with Crippen molar-refractivity contribution >= 4 is 41.0 Å². The Kier molecular flexibility index (Phi) is 20.3. The van der Waals surface area contributed by atoms with Crippen LogP contribution in [0.15, 0.2) is 24.4 Å². The average molecular weight is 747 g/mol. The van der Waals surface area contributed by atoms with Gasteiger partial charge in [-0.1, -0.05) is 5.21 Å².